The van der Waals surface area contributed by atoms with Crippen LogP contribution in [0.3, 0.4) is 0 Å². The highest BCUT2D eigenvalue weighted by atomic mass is 19.1. The Morgan fingerprint density at radius 1 is 1.46 bits per heavy atom. The lowest BCUT2D eigenvalue weighted by atomic mass is 10.2. The van der Waals surface area contributed by atoms with Crippen LogP contribution in [0.25, 0.3) is 6.08 Å². The Balaban J connectivity index is 2.81. The number of hydrogen-bond acceptors (Lipinski definition) is 2. The SMILES string of the molecule is COc1cc(F)c2c(c1)=CC(=O)N=2. The number of rotatable bonds is 1. The molecule has 0 aliphatic carbocycles. The van der Waals surface area contributed by atoms with E-state index in [0.29, 0.717) is 11.0 Å². The molecule has 0 N–H and O–H groups in total. The summed E-state index contributed by atoms with van der Waals surface area (Å²) in [5.74, 6) is -0.573. The molecule has 3 nitrogen and oxygen atoms in total. The van der Waals surface area contributed by atoms with Crippen molar-refractivity contribution in [3.8, 4) is 5.75 Å². The van der Waals surface area contributed by atoms with Crippen LogP contribution in [0.15, 0.2) is 17.1 Å². The Labute approximate surface area is 73.2 Å². The molecule has 1 aromatic rings. The maximum Gasteiger partial charge on any atom is 0.271 e. The summed E-state index contributed by atoms with van der Waals surface area (Å²) in [6, 6.07) is 2.78. The Hall–Kier alpha value is -1.71. The van der Waals surface area contributed by atoms with Gasteiger partial charge in [-0.05, 0) is 6.07 Å². The van der Waals surface area contributed by atoms with E-state index in [0.717, 1.165) is 0 Å². The van der Waals surface area contributed by atoms with E-state index in [1.807, 2.05) is 0 Å². The monoisotopic (exact) mass is 179 g/mol. The van der Waals surface area contributed by atoms with Gasteiger partial charge in [0, 0.05) is 17.4 Å². The van der Waals surface area contributed by atoms with Crippen molar-refractivity contribution in [1.82, 2.24) is 0 Å². The van der Waals surface area contributed by atoms with E-state index in [1.54, 1.807) is 6.07 Å². The van der Waals surface area contributed by atoms with Crippen molar-refractivity contribution in [1.29, 1.82) is 0 Å². The van der Waals surface area contributed by atoms with E-state index in [2.05, 4.69) is 4.99 Å². The molecule has 0 atom stereocenters. The Morgan fingerprint density at radius 3 is 2.92 bits per heavy atom. The molecule has 0 unspecified atom stereocenters. The molecular weight excluding hydrogens is 173 g/mol. The lowest BCUT2D eigenvalue weighted by Crippen LogP contribution is -2.25. The van der Waals surface area contributed by atoms with Gasteiger partial charge in [0.25, 0.3) is 5.91 Å². The van der Waals surface area contributed by atoms with Crippen LogP contribution >= 0.6 is 0 Å². The predicted molar refractivity (Wildman–Crippen MR) is 43.2 cm³/mol. The molecule has 0 spiro atoms. The van der Waals surface area contributed by atoms with E-state index >= 15 is 0 Å². The van der Waals surface area contributed by atoms with Crippen LogP contribution in [0.1, 0.15) is 0 Å². The molecule has 1 aliphatic rings. The molecule has 1 heterocycles. The minimum absolute atomic E-state index is 0.103. The van der Waals surface area contributed by atoms with Gasteiger partial charge in [0.2, 0.25) is 0 Å². The van der Waals surface area contributed by atoms with Gasteiger partial charge in [-0.2, -0.15) is 0 Å². The largest absolute Gasteiger partial charge is 0.497 e. The number of halogens is 1. The number of ether oxygens (including phenoxy) is 1. The van der Waals surface area contributed by atoms with Gasteiger partial charge < -0.3 is 4.74 Å². The third kappa shape index (κ3) is 1.20. The highest BCUT2D eigenvalue weighted by Crippen LogP contribution is 2.06. The van der Waals surface area contributed by atoms with Gasteiger partial charge in [0.15, 0.2) is 5.82 Å². The van der Waals surface area contributed by atoms with E-state index in [1.165, 1.54) is 19.3 Å². The summed E-state index contributed by atoms with van der Waals surface area (Å²) in [7, 11) is 1.44. The minimum Gasteiger partial charge on any atom is -0.497 e. The summed E-state index contributed by atoms with van der Waals surface area (Å²) in [5, 5.41) is 0.577. The van der Waals surface area contributed by atoms with Crippen molar-refractivity contribution in [2.24, 2.45) is 4.99 Å². The zero-order chi connectivity index (χ0) is 9.42. The highest BCUT2D eigenvalue weighted by molar-refractivity contribution is 6.06. The number of nitrogens with zero attached hydrogens (tertiary/aromatic N) is 1. The predicted octanol–water partition coefficient (Wildman–Crippen LogP) is -0.225. The summed E-state index contributed by atoms with van der Waals surface area (Å²) < 4.78 is 18.0. The van der Waals surface area contributed by atoms with Crippen LogP contribution in [-0.4, -0.2) is 13.0 Å². The third-order valence-electron chi connectivity index (χ3n) is 1.80. The van der Waals surface area contributed by atoms with Crippen molar-refractivity contribution in [2.45, 2.75) is 0 Å². The molecule has 0 aromatic heterocycles. The summed E-state index contributed by atoms with van der Waals surface area (Å²) in [6.07, 6.45) is 1.28. The van der Waals surface area contributed by atoms with E-state index in [4.69, 9.17) is 4.74 Å². The second kappa shape index (κ2) is 2.65. The van der Waals surface area contributed by atoms with Gasteiger partial charge in [-0.25, -0.2) is 9.38 Å². The number of benzene rings is 1. The topological polar surface area (TPSA) is 38.7 Å². The number of methoxy groups -OCH3 is 1. The average Bonchev–Trinajstić information content (AvgIpc) is 2.46. The standard InChI is InChI=1S/C9H6FNO2/c1-13-6-2-5-3-8(12)11-9(5)7(10)4-6/h2-4H,1H3. The maximum absolute atomic E-state index is 13.2. The Morgan fingerprint density at radius 2 is 2.23 bits per heavy atom. The van der Waals surface area contributed by atoms with Gasteiger partial charge in [-0.3, -0.25) is 4.79 Å². The van der Waals surface area contributed by atoms with Crippen molar-refractivity contribution in [3.05, 3.63) is 28.5 Å². The van der Waals surface area contributed by atoms with Gasteiger partial charge >= 0.3 is 0 Å². The van der Waals surface area contributed by atoms with Crippen molar-refractivity contribution in [2.75, 3.05) is 7.11 Å². The Bertz CT molecular complexity index is 493. The molecule has 0 saturated carbocycles. The minimum atomic E-state index is -0.531. The molecule has 66 valence electrons. The Kier molecular flexibility index (Phi) is 1.62. The number of amides is 1. The molecule has 0 saturated heterocycles. The molecule has 1 amide bonds. The van der Waals surface area contributed by atoms with E-state index < -0.39 is 11.7 Å². The normalized spacial score (nSPS) is 13.2. The maximum atomic E-state index is 13.2. The molecule has 2 rings (SSSR count). The fourth-order valence-corrected chi connectivity index (χ4v) is 1.22. The first-order valence-electron chi connectivity index (χ1n) is 3.68. The third-order valence-corrected chi connectivity index (χ3v) is 1.80. The molecule has 0 fully saturated rings. The van der Waals surface area contributed by atoms with Crippen LogP contribution in [-0.2, 0) is 4.79 Å². The average molecular weight is 179 g/mol. The van der Waals surface area contributed by atoms with Gasteiger partial charge in [0.05, 0.1) is 7.11 Å². The van der Waals surface area contributed by atoms with E-state index in [9.17, 15) is 9.18 Å². The van der Waals surface area contributed by atoms with Gasteiger partial charge in [-0.1, -0.05) is 0 Å². The summed E-state index contributed by atoms with van der Waals surface area (Å²) in [4.78, 5) is 14.3. The van der Waals surface area contributed by atoms with Crippen LogP contribution in [0.4, 0.5) is 4.39 Å². The molecule has 13 heavy (non-hydrogen) atoms. The molecule has 1 aliphatic heterocycles. The van der Waals surface area contributed by atoms with E-state index in [-0.39, 0.29) is 5.36 Å². The second-order valence-electron chi connectivity index (χ2n) is 2.64. The molecule has 1 aromatic carbocycles. The summed E-state index contributed by atoms with van der Waals surface area (Å²) in [6.45, 7) is 0. The number of hydrogen-bond donors (Lipinski definition) is 0. The lowest BCUT2D eigenvalue weighted by Gasteiger charge is -1.97. The van der Waals surface area contributed by atoms with Crippen LogP contribution < -0.4 is 15.3 Å². The van der Waals surface area contributed by atoms with Gasteiger partial charge in [0.1, 0.15) is 11.1 Å². The first kappa shape index (κ1) is 7.91. The van der Waals surface area contributed by atoms with Gasteiger partial charge in [-0.15, -0.1) is 0 Å². The van der Waals surface area contributed by atoms with Crippen LogP contribution in [0.5, 0.6) is 5.75 Å². The summed E-state index contributed by atoms with van der Waals surface area (Å²) >= 11 is 0. The number of fused-ring (bicyclic) bond motifs is 1. The first-order valence-corrected chi connectivity index (χ1v) is 3.68. The highest BCUT2D eigenvalue weighted by Gasteiger charge is 2.09. The smallest absolute Gasteiger partial charge is 0.271 e. The first-order chi connectivity index (χ1) is 6.20. The molecule has 0 radical (unpaired) electrons. The fraction of sp³-hybridized carbons (Fsp3) is 0.111. The van der Waals surface area contributed by atoms with Crippen molar-refractivity contribution >= 4 is 12.0 Å². The number of carbonyl (C=O) groups is 1. The van der Waals surface area contributed by atoms with Crippen molar-refractivity contribution in [3.63, 3.8) is 0 Å². The van der Waals surface area contributed by atoms with Crippen LogP contribution in [0.2, 0.25) is 0 Å². The molecule has 0 bridgehead atoms. The molecular formula is C9H6FNO2. The quantitative estimate of drug-likeness (QED) is 0.597. The fourth-order valence-electron chi connectivity index (χ4n) is 1.22. The zero-order valence-corrected chi connectivity index (χ0v) is 6.87. The number of carbonyl (C=O) groups excluding carboxylic acids is 1. The second-order valence-corrected chi connectivity index (χ2v) is 2.64. The lowest BCUT2D eigenvalue weighted by molar-refractivity contribution is -0.112. The van der Waals surface area contributed by atoms with Crippen LogP contribution in [0, 0.1) is 5.82 Å². The zero-order valence-electron chi connectivity index (χ0n) is 6.87. The molecule has 4 heteroatoms. The van der Waals surface area contributed by atoms with Crippen molar-refractivity contribution < 1.29 is 13.9 Å². The summed E-state index contributed by atoms with van der Waals surface area (Å²) in [5.41, 5.74) is 0.